The summed E-state index contributed by atoms with van der Waals surface area (Å²) >= 11 is 7.63. The molecule has 2 nitrogen and oxygen atoms in total. The van der Waals surface area contributed by atoms with Crippen LogP contribution in [0.15, 0.2) is 53.4 Å². The minimum Gasteiger partial charge on any atom is -0.350 e. The Kier molecular flexibility index (Phi) is 7.60. The smallest absolute Gasteiger partial charge is 0.220 e. The van der Waals surface area contributed by atoms with Crippen LogP contribution in [-0.4, -0.2) is 11.7 Å². The predicted molar refractivity (Wildman–Crippen MR) is 113 cm³/mol. The maximum Gasteiger partial charge on any atom is 0.220 e. The lowest BCUT2D eigenvalue weighted by molar-refractivity contribution is -0.121. The molecule has 2 rings (SSSR count). The number of amides is 1. The minimum absolute atomic E-state index is 0.0282. The first-order valence-corrected chi connectivity index (χ1v) is 10.4. The van der Waals surface area contributed by atoms with Gasteiger partial charge >= 0.3 is 0 Å². The van der Waals surface area contributed by atoms with Crippen LogP contribution < -0.4 is 5.32 Å². The normalized spacial score (nSPS) is 12.7. The highest BCUT2D eigenvalue weighted by Crippen LogP contribution is 2.24. The molecule has 0 bridgehead atoms. The van der Waals surface area contributed by atoms with Gasteiger partial charge in [-0.25, -0.2) is 0 Å². The van der Waals surface area contributed by atoms with Crippen LogP contribution in [0.2, 0.25) is 5.02 Å². The van der Waals surface area contributed by atoms with E-state index in [1.165, 1.54) is 10.5 Å². The van der Waals surface area contributed by atoms with Crippen LogP contribution in [-0.2, 0) is 10.2 Å². The lowest BCUT2D eigenvalue weighted by atomic mass is 9.86. The Morgan fingerprint density at radius 1 is 1.08 bits per heavy atom. The molecule has 4 heteroatoms. The summed E-state index contributed by atoms with van der Waals surface area (Å²) in [7, 11) is 0. The molecule has 1 amide bonds. The van der Waals surface area contributed by atoms with Crippen LogP contribution in [0.5, 0.6) is 0 Å². The standard InChI is InChI=1S/C22H28ClNOS/c1-16(17-7-9-18(10-8-17)22(2,3)4)24-21(25)6-5-15-26-20-13-11-19(23)12-14-20/h7-14,16H,5-6,15H2,1-4H3,(H,24,25)/t16-/m1/s1. The second-order valence-electron chi connectivity index (χ2n) is 7.57. The summed E-state index contributed by atoms with van der Waals surface area (Å²) in [5.74, 6) is 1.03. The summed E-state index contributed by atoms with van der Waals surface area (Å²) in [6, 6.07) is 16.4. The quantitative estimate of drug-likeness (QED) is 0.439. The fourth-order valence-corrected chi connectivity index (χ4v) is 3.60. The molecule has 0 saturated heterocycles. The number of nitrogens with one attached hydrogen (secondary N) is 1. The Bertz CT molecular complexity index is 704. The third kappa shape index (κ3) is 6.69. The van der Waals surface area contributed by atoms with Crippen LogP contribution >= 0.6 is 23.4 Å². The van der Waals surface area contributed by atoms with Gasteiger partial charge in [0, 0.05) is 16.3 Å². The maximum atomic E-state index is 12.2. The number of carbonyl (C=O) groups is 1. The lowest BCUT2D eigenvalue weighted by Gasteiger charge is -2.20. The molecule has 0 aliphatic rings. The van der Waals surface area contributed by atoms with E-state index in [4.69, 9.17) is 11.6 Å². The van der Waals surface area contributed by atoms with Crippen molar-refractivity contribution in [3.63, 3.8) is 0 Å². The molecule has 0 radical (unpaired) electrons. The first kappa shape index (κ1) is 20.9. The molecule has 1 N–H and O–H groups in total. The number of hydrogen-bond acceptors (Lipinski definition) is 2. The second kappa shape index (κ2) is 9.48. The monoisotopic (exact) mass is 389 g/mol. The van der Waals surface area contributed by atoms with E-state index in [2.05, 4.69) is 50.4 Å². The summed E-state index contributed by atoms with van der Waals surface area (Å²) in [6.07, 6.45) is 1.40. The molecule has 1 atom stereocenters. The number of halogens is 1. The molecule has 0 saturated carbocycles. The highest BCUT2D eigenvalue weighted by Gasteiger charge is 2.14. The summed E-state index contributed by atoms with van der Waals surface area (Å²) in [5.41, 5.74) is 2.59. The lowest BCUT2D eigenvalue weighted by Crippen LogP contribution is -2.26. The van der Waals surface area contributed by atoms with Crippen molar-refractivity contribution in [2.24, 2.45) is 0 Å². The minimum atomic E-state index is 0.0282. The highest BCUT2D eigenvalue weighted by molar-refractivity contribution is 7.99. The molecule has 0 heterocycles. The van der Waals surface area contributed by atoms with Crippen molar-refractivity contribution in [2.45, 2.75) is 56.9 Å². The van der Waals surface area contributed by atoms with E-state index in [1.54, 1.807) is 11.8 Å². The molecule has 140 valence electrons. The third-order valence-corrected chi connectivity index (χ3v) is 5.64. The molecule has 0 fully saturated rings. The van der Waals surface area contributed by atoms with Crippen LogP contribution in [0.3, 0.4) is 0 Å². The Morgan fingerprint density at radius 2 is 1.69 bits per heavy atom. The van der Waals surface area contributed by atoms with E-state index in [0.717, 1.165) is 22.8 Å². The van der Waals surface area contributed by atoms with E-state index >= 15 is 0 Å². The summed E-state index contributed by atoms with van der Waals surface area (Å²) in [5, 5.41) is 3.84. The van der Waals surface area contributed by atoms with Crippen molar-refractivity contribution in [2.75, 3.05) is 5.75 Å². The van der Waals surface area contributed by atoms with Crippen molar-refractivity contribution in [3.05, 3.63) is 64.7 Å². The molecule has 2 aromatic carbocycles. The van der Waals surface area contributed by atoms with Crippen molar-refractivity contribution < 1.29 is 4.79 Å². The van der Waals surface area contributed by atoms with Crippen LogP contribution in [0.1, 0.15) is 57.7 Å². The van der Waals surface area contributed by atoms with Crippen LogP contribution in [0, 0.1) is 0 Å². The van der Waals surface area contributed by atoms with Crippen molar-refractivity contribution >= 4 is 29.3 Å². The van der Waals surface area contributed by atoms with Gasteiger partial charge in [0.15, 0.2) is 0 Å². The van der Waals surface area contributed by atoms with Crippen molar-refractivity contribution in [3.8, 4) is 0 Å². The van der Waals surface area contributed by atoms with Gasteiger partial charge in [-0.2, -0.15) is 0 Å². The predicted octanol–water partition coefficient (Wildman–Crippen LogP) is 6.39. The van der Waals surface area contributed by atoms with Gasteiger partial charge in [0.1, 0.15) is 0 Å². The average molecular weight is 390 g/mol. The van der Waals surface area contributed by atoms with E-state index in [-0.39, 0.29) is 17.4 Å². The zero-order chi connectivity index (χ0) is 19.2. The largest absolute Gasteiger partial charge is 0.350 e. The van der Waals surface area contributed by atoms with Gasteiger partial charge in [0.05, 0.1) is 6.04 Å². The Hall–Kier alpha value is -1.45. The SMILES string of the molecule is C[C@@H](NC(=O)CCCSc1ccc(Cl)cc1)c1ccc(C(C)(C)C)cc1. The molecular weight excluding hydrogens is 362 g/mol. The summed E-state index contributed by atoms with van der Waals surface area (Å²) in [4.78, 5) is 13.4. The van der Waals surface area contributed by atoms with Gasteiger partial charge in [-0.05, 0) is 59.9 Å². The van der Waals surface area contributed by atoms with E-state index in [9.17, 15) is 4.79 Å². The highest BCUT2D eigenvalue weighted by atomic mass is 35.5. The van der Waals surface area contributed by atoms with Gasteiger partial charge in [0.25, 0.3) is 0 Å². The van der Waals surface area contributed by atoms with Crippen LogP contribution in [0.4, 0.5) is 0 Å². The van der Waals surface area contributed by atoms with Crippen molar-refractivity contribution in [1.29, 1.82) is 0 Å². The zero-order valence-corrected chi connectivity index (χ0v) is 17.6. The molecular formula is C22H28ClNOS. The molecule has 0 aliphatic heterocycles. The topological polar surface area (TPSA) is 29.1 Å². The van der Waals surface area contributed by atoms with E-state index < -0.39 is 0 Å². The molecule has 2 aromatic rings. The molecule has 26 heavy (non-hydrogen) atoms. The number of thioether (sulfide) groups is 1. The van der Waals surface area contributed by atoms with Gasteiger partial charge in [0.2, 0.25) is 5.91 Å². The second-order valence-corrected chi connectivity index (χ2v) is 9.17. The number of carbonyl (C=O) groups excluding carboxylic acids is 1. The molecule has 0 aliphatic carbocycles. The van der Waals surface area contributed by atoms with Gasteiger partial charge < -0.3 is 5.32 Å². The van der Waals surface area contributed by atoms with E-state index in [1.807, 2.05) is 31.2 Å². The number of benzene rings is 2. The first-order chi connectivity index (χ1) is 12.3. The fourth-order valence-electron chi connectivity index (χ4n) is 2.62. The summed E-state index contributed by atoms with van der Waals surface area (Å²) in [6.45, 7) is 8.65. The Labute approximate surface area is 166 Å². The van der Waals surface area contributed by atoms with Gasteiger partial charge in [-0.1, -0.05) is 56.6 Å². The van der Waals surface area contributed by atoms with Crippen molar-refractivity contribution in [1.82, 2.24) is 5.32 Å². The maximum absolute atomic E-state index is 12.2. The Morgan fingerprint density at radius 3 is 2.27 bits per heavy atom. The van der Waals surface area contributed by atoms with Gasteiger partial charge in [-0.15, -0.1) is 11.8 Å². The fraction of sp³-hybridized carbons (Fsp3) is 0.409. The number of rotatable bonds is 7. The Balaban J connectivity index is 1.73. The third-order valence-electron chi connectivity index (χ3n) is 4.28. The summed E-state index contributed by atoms with van der Waals surface area (Å²) < 4.78 is 0. The van der Waals surface area contributed by atoms with E-state index in [0.29, 0.717) is 6.42 Å². The van der Waals surface area contributed by atoms with Crippen LogP contribution in [0.25, 0.3) is 0 Å². The molecule has 0 spiro atoms. The zero-order valence-electron chi connectivity index (χ0n) is 16.0. The average Bonchev–Trinajstić information content (AvgIpc) is 2.59. The molecule has 0 aromatic heterocycles. The van der Waals surface area contributed by atoms with Gasteiger partial charge in [-0.3, -0.25) is 4.79 Å². The number of hydrogen-bond donors (Lipinski definition) is 1. The molecule has 0 unspecified atom stereocenters. The first-order valence-electron chi connectivity index (χ1n) is 9.04.